The first-order valence-corrected chi connectivity index (χ1v) is 10.8. The van der Waals surface area contributed by atoms with E-state index in [0.717, 1.165) is 4.57 Å². The van der Waals surface area contributed by atoms with Gasteiger partial charge in [-0.2, -0.15) is 5.26 Å². The van der Waals surface area contributed by atoms with E-state index in [1.165, 1.54) is 6.20 Å². The number of aromatic nitrogens is 2. The van der Waals surface area contributed by atoms with Crippen molar-refractivity contribution in [2.45, 2.75) is 78.0 Å². The largest absolute Gasteiger partial charge is 0.352 e. The van der Waals surface area contributed by atoms with Crippen LogP contribution >= 0.6 is 8.53 Å². The van der Waals surface area contributed by atoms with Crippen LogP contribution in [0.4, 0.5) is 5.69 Å². The van der Waals surface area contributed by atoms with Crippen molar-refractivity contribution in [2.24, 2.45) is 0 Å². The maximum Gasteiger partial charge on any atom is 0.328 e. The third-order valence-electron chi connectivity index (χ3n) is 4.45. The molecule has 1 aromatic heterocycles. The molecule has 0 radical (unpaired) electrons. The second-order valence-corrected chi connectivity index (χ2v) is 8.75. The molecule has 1 aromatic rings. The van der Waals surface area contributed by atoms with Crippen LogP contribution in [0, 0.1) is 17.9 Å². The fourth-order valence-electron chi connectivity index (χ4n) is 3.16. The molecule has 30 heavy (non-hydrogen) atoms. The van der Waals surface area contributed by atoms with Crippen LogP contribution in [0.2, 0.25) is 0 Å². The van der Waals surface area contributed by atoms with E-state index < -0.39 is 38.2 Å². The summed E-state index contributed by atoms with van der Waals surface area (Å²) < 4.78 is 29.1. The molecule has 10 nitrogen and oxygen atoms in total. The van der Waals surface area contributed by atoms with Gasteiger partial charge in [-0.25, -0.2) is 14.3 Å². The van der Waals surface area contributed by atoms with E-state index in [-0.39, 0.29) is 44.1 Å². The van der Waals surface area contributed by atoms with Crippen LogP contribution in [0.15, 0.2) is 15.8 Å². The highest BCUT2D eigenvalue weighted by atomic mass is 31.2. The molecule has 1 fully saturated rings. The Hall–Kier alpha value is -2.07. The van der Waals surface area contributed by atoms with Crippen LogP contribution in [-0.4, -0.2) is 45.1 Å². The normalized spacial score (nSPS) is 22.8. The lowest BCUT2D eigenvalue weighted by atomic mass is 10.2. The second kappa shape index (κ2) is 10.8. The Kier molecular flexibility index (Phi) is 8.15. The Bertz CT molecular complexity index is 929. The Labute approximate surface area is 178 Å². The minimum atomic E-state index is -1.54. The molecule has 0 aromatic carbocycles. The van der Waals surface area contributed by atoms with Crippen molar-refractivity contribution in [3.63, 3.8) is 0 Å². The van der Waals surface area contributed by atoms with Gasteiger partial charge in [-0.05, 0) is 34.6 Å². The molecule has 0 amide bonds. The van der Waals surface area contributed by atoms with Crippen LogP contribution in [0.1, 0.15) is 55.0 Å². The molecule has 1 N–H and O–H groups in total. The van der Waals surface area contributed by atoms with Gasteiger partial charge in [-0.1, -0.05) is 0 Å². The van der Waals surface area contributed by atoms with Crippen LogP contribution in [-0.2, 0) is 13.8 Å². The minimum absolute atomic E-state index is 0.0975. The summed E-state index contributed by atoms with van der Waals surface area (Å²) in [5, 5.41) is 8.85. The van der Waals surface area contributed by atoms with Crippen molar-refractivity contribution in [1.82, 2.24) is 14.2 Å². The van der Waals surface area contributed by atoms with E-state index >= 15 is 0 Å². The van der Waals surface area contributed by atoms with Gasteiger partial charge < -0.3 is 13.8 Å². The first-order chi connectivity index (χ1) is 14.7. The molecule has 1 saturated heterocycles. The quantitative estimate of drug-likeness (QED) is 0.358. The summed E-state index contributed by atoms with van der Waals surface area (Å²) in [5.74, 6) is 0. The predicted molar refractivity (Wildman–Crippen MR) is 112 cm³/mol. The Morgan fingerprint density at radius 1 is 1.50 bits per heavy atom. The van der Waals surface area contributed by atoms with E-state index in [2.05, 4.69) is 14.5 Å². The van der Waals surface area contributed by atoms with Gasteiger partial charge in [0.2, 0.25) is 0 Å². The zero-order valence-electron chi connectivity index (χ0n) is 18.6. The van der Waals surface area contributed by atoms with Crippen molar-refractivity contribution < 1.29 is 15.2 Å². The Morgan fingerprint density at radius 2 is 2.20 bits per heavy atom. The van der Waals surface area contributed by atoms with Gasteiger partial charge in [0, 0.05) is 26.1 Å². The third kappa shape index (κ3) is 5.75. The molecule has 0 saturated carbocycles. The molecule has 1 aliphatic heterocycles. The van der Waals surface area contributed by atoms with Gasteiger partial charge in [-0.15, -0.1) is 0 Å². The number of hydrogen-bond donors (Lipinski definition) is 1. The highest BCUT2D eigenvalue weighted by molar-refractivity contribution is 7.44. The molecule has 4 atom stereocenters. The van der Waals surface area contributed by atoms with Gasteiger partial charge in [0.1, 0.15) is 6.23 Å². The Balaban J connectivity index is 2.27. The standard InChI is InChI=1S/C19H28N5O5P/c1-12(2)24(13(3)4)30(27-9-7-8-20)29-16-10-17(28-14(16)5)23-11-15(21-6)18(25)22-19(23)26/h11-14,16-17H,7,9-10H2,1-5H3,(H,22,25,26)/t14-,16?,17-,30?/m1/s1/i5D. The number of hydrogen-bond acceptors (Lipinski definition) is 7. The summed E-state index contributed by atoms with van der Waals surface area (Å²) in [4.78, 5) is 29.2. The monoisotopic (exact) mass is 438 g/mol. The molecule has 1 aliphatic rings. The zero-order valence-corrected chi connectivity index (χ0v) is 18.5. The minimum Gasteiger partial charge on any atom is -0.352 e. The van der Waals surface area contributed by atoms with Crippen molar-refractivity contribution in [1.29, 1.82) is 5.26 Å². The highest BCUT2D eigenvalue weighted by Gasteiger charge is 2.39. The molecule has 164 valence electrons. The topological polar surface area (TPSA) is 114 Å². The van der Waals surface area contributed by atoms with Gasteiger partial charge in [0.15, 0.2) is 0 Å². The summed E-state index contributed by atoms with van der Waals surface area (Å²) in [5.41, 5.74) is -1.66. The van der Waals surface area contributed by atoms with Crippen molar-refractivity contribution in [3.05, 3.63) is 38.5 Å². The van der Waals surface area contributed by atoms with Gasteiger partial charge in [0.25, 0.3) is 19.8 Å². The molecular formula is C19H28N5O5P. The fraction of sp³-hybridized carbons (Fsp3) is 0.684. The first-order valence-electron chi connectivity index (χ1n) is 10.4. The number of H-pyrrole nitrogens is 1. The lowest BCUT2D eigenvalue weighted by molar-refractivity contribution is -0.00864. The second-order valence-electron chi connectivity index (χ2n) is 7.35. The fourth-order valence-corrected chi connectivity index (χ4v) is 4.92. The smallest absolute Gasteiger partial charge is 0.328 e. The summed E-state index contributed by atoms with van der Waals surface area (Å²) in [6.07, 6.45) is -0.297. The molecule has 2 heterocycles. The number of ether oxygens (including phenoxy) is 1. The van der Waals surface area contributed by atoms with E-state index in [4.69, 9.17) is 27.0 Å². The third-order valence-corrected chi connectivity index (χ3v) is 6.60. The summed E-state index contributed by atoms with van der Waals surface area (Å²) in [6.45, 7) is 15.3. The van der Waals surface area contributed by atoms with Crippen LogP contribution < -0.4 is 11.2 Å². The van der Waals surface area contributed by atoms with E-state index in [1.54, 1.807) is 0 Å². The van der Waals surface area contributed by atoms with E-state index in [0.29, 0.717) is 0 Å². The number of nitrogens with zero attached hydrogens (tertiary/aromatic N) is 4. The van der Waals surface area contributed by atoms with Crippen LogP contribution in [0.5, 0.6) is 0 Å². The molecule has 2 rings (SSSR count). The SMILES string of the molecule is [2H]C[C@H]1O[C@@H](n2cc([N+]#[C-])c(=O)[nH]c2=O)CC1OP(OCCC#N)N(C(C)C)C(C)C. The maximum atomic E-state index is 12.3. The van der Waals surface area contributed by atoms with Crippen molar-refractivity contribution in [2.75, 3.05) is 6.61 Å². The van der Waals surface area contributed by atoms with Crippen molar-refractivity contribution >= 4 is 14.2 Å². The van der Waals surface area contributed by atoms with Gasteiger partial charge >= 0.3 is 5.69 Å². The van der Waals surface area contributed by atoms with Gasteiger partial charge in [-0.3, -0.25) is 14.3 Å². The summed E-state index contributed by atoms with van der Waals surface area (Å²) in [6, 6.07) is 2.28. The van der Waals surface area contributed by atoms with E-state index in [9.17, 15) is 9.59 Å². The number of nitriles is 1. The highest BCUT2D eigenvalue weighted by Crippen LogP contribution is 2.49. The Morgan fingerprint density at radius 3 is 2.77 bits per heavy atom. The van der Waals surface area contributed by atoms with E-state index in [1.807, 2.05) is 33.8 Å². The molecular weight excluding hydrogens is 409 g/mol. The number of nitrogens with one attached hydrogen (secondary N) is 1. The lowest BCUT2D eigenvalue weighted by Gasteiger charge is -2.37. The summed E-state index contributed by atoms with van der Waals surface area (Å²) >= 11 is 0. The average Bonchev–Trinajstić information content (AvgIpc) is 3.10. The molecule has 0 bridgehead atoms. The number of aromatic amines is 1. The maximum absolute atomic E-state index is 12.3. The van der Waals surface area contributed by atoms with Gasteiger partial charge in [0.05, 0.1) is 37.9 Å². The van der Waals surface area contributed by atoms with Crippen LogP contribution in [0.25, 0.3) is 4.85 Å². The molecule has 0 aliphatic carbocycles. The molecule has 11 heteroatoms. The first kappa shape index (κ1) is 22.6. The average molecular weight is 438 g/mol. The van der Waals surface area contributed by atoms with Crippen LogP contribution in [0.3, 0.4) is 0 Å². The zero-order chi connectivity index (χ0) is 23.1. The lowest BCUT2D eigenvalue weighted by Crippen LogP contribution is -2.35. The molecule has 2 unspecified atom stereocenters. The number of rotatable bonds is 9. The van der Waals surface area contributed by atoms with Crippen molar-refractivity contribution in [3.8, 4) is 6.07 Å². The predicted octanol–water partition coefficient (Wildman–Crippen LogP) is 3.06. The summed E-state index contributed by atoms with van der Waals surface area (Å²) in [7, 11) is -1.54. The molecule has 0 spiro atoms.